The zero-order valence-corrected chi connectivity index (χ0v) is 8.80. The normalized spacial score (nSPS) is 30.4. The number of nitrogens with two attached hydrogens (primary N) is 1. The summed E-state index contributed by atoms with van der Waals surface area (Å²) in [6, 6.07) is 0. The number of aliphatic hydroxyl groups is 1. The molecule has 82 valence electrons. The highest BCUT2D eigenvalue weighted by Gasteiger charge is 2.41. The lowest BCUT2D eigenvalue weighted by Crippen LogP contribution is -2.50. The third-order valence-electron chi connectivity index (χ3n) is 4.17. The Morgan fingerprint density at radius 1 is 1.00 bits per heavy atom. The molecule has 2 aliphatic rings. The molecule has 1 aliphatic carbocycles. The summed E-state index contributed by atoms with van der Waals surface area (Å²) in [5, 5.41) is 9.19. The van der Waals surface area contributed by atoms with Gasteiger partial charge in [0.1, 0.15) is 0 Å². The maximum atomic E-state index is 9.19. The Bertz CT molecular complexity index is 189. The fourth-order valence-electron chi connectivity index (χ4n) is 2.74. The van der Waals surface area contributed by atoms with Crippen molar-refractivity contribution in [2.24, 2.45) is 11.1 Å². The van der Waals surface area contributed by atoms with Crippen LogP contribution in [0.25, 0.3) is 0 Å². The Balaban J connectivity index is 1.93. The summed E-state index contributed by atoms with van der Waals surface area (Å²) >= 11 is 0. The van der Waals surface area contributed by atoms with Crippen LogP contribution in [0.15, 0.2) is 0 Å². The largest absolute Gasteiger partial charge is 0.394 e. The number of hydrogen-bond acceptors (Lipinski definition) is 3. The van der Waals surface area contributed by atoms with Crippen LogP contribution in [0.5, 0.6) is 0 Å². The summed E-state index contributed by atoms with van der Waals surface area (Å²) in [5.74, 6) is 0. The van der Waals surface area contributed by atoms with Gasteiger partial charge in [0.05, 0.1) is 6.61 Å². The number of hydrogen-bond donors (Lipinski definition) is 2. The van der Waals surface area contributed by atoms with Crippen molar-refractivity contribution in [3.8, 4) is 0 Å². The molecule has 1 heterocycles. The van der Waals surface area contributed by atoms with Crippen LogP contribution in [-0.2, 0) is 4.74 Å². The van der Waals surface area contributed by atoms with Crippen LogP contribution < -0.4 is 5.73 Å². The quantitative estimate of drug-likeness (QED) is 0.663. The average Bonchev–Trinajstić information content (AvgIpc) is 2.25. The molecule has 0 amide bonds. The molecule has 0 radical (unpaired) electrons. The summed E-state index contributed by atoms with van der Waals surface area (Å²) in [5.41, 5.74) is 6.28. The second-order valence-corrected chi connectivity index (χ2v) is 5.13. The molecule has 0 aromatic heterocycles. The lowest BCUT2D eigenvalue weighted by Gasteiger charge is -2.46. The van der Waals surface area contributed by atoms with E-state index in [1.807, 2.05) is 0 Å². The molecule has 0 aromatic carbocycles. The first kappa shape index (κ1) is 10.4. The topological polar surface area (TPSA) is 55.5 Å². The summed E-state index contributed by atoms with van der Waals surface area (Å²) in [6.45, 7) is 1.97. The van der Waals surface area contributed by atoms with Gasteiger partial charge in [0.2, 0.25) is 0 Å². The maximum absolute atomic E-state index is 9.19. The van der Waals surface area contributed by atoms with Crippen LogP contribution in [0.3, 0.4) is 0 Å². The van der Waals surface area contributed by atoms with E-state index in [0.29, 0.717) is 5.41 Å². The van der Waals surface area contributed by atoms with E-state index in [0.717, 1.165) is 26.1 Å². The molecule has 3 heteroatoms. The van der Waals surface area contributed by atoms with Crippen LogP contribution in [0, 0.1) is 5.41 Å². The van der Waals surface area contributed by atoms with Crippen LogP contribution in [-0.4, -0.2) is 30.5 Å². The smallest absolute Gasteiger partial charge is 0.0611 e. The molecule has 0 aromatic rings. The molecular weight excluding hydrogens is 178 g/mol. The molecule has 3 N–H and O–H groups in total. The molecule has 1 saturated carbocycles. The number of aliphatic hydroxyl groups excluding tert-OH is 1. The van der Waals surface area contributed by atoms with E-state index in [2.05, 4.69) is 0 Å². The number of rotatable bonds is 1. The summed E-state index contributed by atoms with van der Waals surface area (Å²) in [7, 11) is 0. The van der Waals surface area contributed by atoms with Gasteiger partial charge in [0.15, 0.2) is 0 Å². The van der Waals surface area contributed by atoms with E-state index in [-0.39, 0.29) is 12.1 Å². The standard InChI is InChI=1S/C11H21NO2/c12-11(9-13)3-1-10(2-4-11)5-7-14-8-6-10/h13H,1-9,12H2. The molecule has 1 spiro atoms. The monoisotopic (exact) mass is 199 g/mol. The van der Waals surface area contributed by atoms with Gasteiger partial charge in [-0.25, -0.2) is 0 Å². The van der Waals surface area contributed by atoms with Crippen LogP contribution >= 0.6 is 0 Å². The van der Waals surface area contributed by atoms with Crippen molar-refractivity contribution in [1.82, 2.24) is 0 Å². The molecule has 1 aliphatic heterocycles. The zero-order valence-electron chi connectivity index (χ0n) is 8.80. The summed E-state index contributed by atoms with van der Waals surface area (Å²) in [4.78, 5) is 0. The first-order valence-corrected chi connectivity index (χ1v) is 5.66. The van der Waals surface area contributed by atoms with Gasteiger partial charge in [0, 0.05) is 18.8 Å². The Morgan fingerprint density at radius 2 is 1.57 bits per heavy atom. The predicted octanol–water partition coefficient (Wildman–Crippen LogP) is 1.05. The van der Waals surface area contributed by atoms with Gasteiger partial charge in [-0.2, -0.15) is 0 Å². The maximum Gasteiger partial charge on any atom is 0.0611 e. The molecular formula is C11H21NO2. The Morgan fingerprint density at radius 3 is 2.07 bits per heavy atom. The van der Waals surface area contributed by atoms with Crippen molar-refractivity contribution in [1.29, 1.82) is 0 Å². The Hall–Kier alpha value is -0.120. The second kappa shape index (κ2) is 3.80. The van der Waals surface area contributed by atoms with Crippen LogP contribution in [0.2, 0.25) is 0 Å². The van der Waals surface area contributed by atoms with Crippen molar-refractivity contribution < 1.29 is 9.84 Å². The SMILES string of the molecule is NC1(CO)CCC2(CCOCC2)CC1. The highest BCUT2D eigenvalue weighted by molar-refractivity contribution is 4.96. The van der Waals surface area contributed by atoms with Crippen LogP contribution in [0.1, 0.15) is 38.5 Å². The molecule has 14 heavy (non-hydrogen) atoms. The first-order chi connectivity index (χ1) is 6.68. The molecule has 0 bridgehead atoms. The molecule has 2 fully saturated rings. The van der Waals surface area contributed by atoms with Gasteiger partial charge in [-0.15, -0.1) is 0 Å². The third-order valence-corrected chi connectivity index (χ3v) is 4.17. The van der Waals surface area contributed by atoms with Gasteiger partial charge in [-0.3, -0.25) is 0 Å². The van der Waals surface area contributed by atoms with Crippen molar-refractivity contribution in [3.05, 3.63) is 0 Å². The predicted molar refractivity (Wildman–Crippen MR) is 55.0 cm³/mol. The van der Waals surface area contributed by atoms with Crippen molar-refractivity contribution in [2.75, 3.05) is 19.8 Å². The van der Waals surface area contributed by atoms with E-state index in [1.165, 1.54) is 25.7 Å². The molecule has 0 atom stereocenters. The highest BCUT2D eigenvalue weighted by Crippen LogP contribution is 2.46. The van der Waals surface area contributed by atoms with E-state index >= 15 is 0 Å². The van der Waals surface area contributed by atoms with E-state index < -0.39 is 0 Å². The minimum Gasteiger partial charge on any atom is -0.394 e. The fraction of sp³-hybridized carbons (Fsp3) is 1.00. The molecule has 2 rings (SSSR count). The van der Waals surface area contributed by atoms with Crippen molar-refractivity contribution >= 4 is 0 Å². The molecule has 0 unspecified atom stereocenters. The van der Waals surface area contributed by atoms with E-state index in [4.69, 9.17) is 10.5 Å². The first-order valence-electron chi connectivity index (χ1n) is 5.66. The third kappa shape index (κ3) is 1.95. The lowest BCUT2D eigenvalue weighted by molar-refractivity contribution is -0.0224. The van der Waals surface area contributed by atoms with Gasteiger partial charge in [-0.1, -0.05) is 0 Å². The highest BCUT2D eigenvalue weighted by atomic mass is 16.5. The van der Waals surface area contributed by atoms with Gasteiger partial charge < -0.3 is 15.6 Å². The van der Waals surface area contributed by atoms with Crippen molar-refractivity contribution in [3.63, 3.8) is 0 Å². The molecule has 3 nitrogen and oxygen atoms in total. The average molecular weight is 199 g/mol. The Kier molecular flexibility index (Phi) is 2.82. The number of ether oxygens (including phenoxy) is 1. The summed E-state index contributed by atoms with van der Waals surface area (Å²) < 4.78 is 5.39. The minimum absolute atomic E-state index is 0.138. The lowest BCUT2D eigenvalue weighted by atomic mass is 9.64. The van der Waals surface area contributed by atoms with E-state index in [9.17, 15) is 5.11 Å². The fourth-order valence-corrected chi connectivity index (χ4v) is 2.74. The zero-order chi connectivity index (χ0) is 10.1. The van der Waals surface area contributed by atoms with E-state index in [1.54, 1.807) is 0 Å². The Labute approximate surface area is 85.6 Å². The second-order valence-electron chi connectivity index (χ2n) is 5.13. The van der Waals surface area contributed by atoms with Gasteiger partial charge in [0.25, 0.3) is 0 Å². The minimum atomic E-state index is -0.288. The van der Waals surface area contributed by atoms with Gasteiger partial charge in [-0.05, 0) is 43.9 Å². The van der Waals surface area contributed by atoms with Crippen molar-refractivity contribution in [2.45, 2.75) is 44.1 Å². The molecule has 1 saturated heterocycles. The summed E-state index contributed by atoms with van der Waals surface area (Å²) in [6.07, 6.45) is 6.68. The van der Waals surface area contributed by atoms with Gasteiger partial charge >= 0.3 is 0 Å². The van der Waals surface area contributed by atoms with Crippen LogP contribution in [0.4, 0.5) is 0 Å².